The highest BCUT2D eigenvalue weighted by Crippen LogP contribution is 2.40. The Morgan fingerprint density at radius 1 is 0.759 bits per heavy atom. The van der Waals surface area contributed by atoms with E-state index in [-0.39, 0.29) is 41.8 Å². The summed E-state index contributed by atoms with van der Waals surface area (Å²) in [6.07, 6.45) is -6.35. The van der Waals surface area contributed by atoms with Crippen molar-refractivity contribution in [1.82, 2.24) is 35.1 Å². The van der Waals surface area contributed by atoms with Crippen molar-refractivity contribution in [3.05, 3.63) is 154 Å². The lowest BCUT2D eigenvalue weighted by atomic mass is 9.81. The number of nitriles is 1. The number of benzene rings is 3. The third-order valence-electron chi connectivity index (χ3n) is 12.0. The van der Waals surface area contributed by atoms with Crippen LogP contribution in [0.4, 0.5) is 26.3 Å². The van der Waals surface area contributed by atoms with Crippen LogP contribution in [0, 0.1) is 38.3 Å². The fourth-order valence-electron chi connectivity index (χ4n) is 7.66. The van der Waals surface area contributed by atoms with Crippen LogP contribution in [0.25, 0.3) is 9.69 Å². The van der Waals surface area contributed by atoms with Crippen LogP contribution in [-0.2, 0) is 52.5 Å². The van der Waals surface area contributed by atoms with Crippen LogP contribution >= 0.6 is 93.6 Å². The Morgan fingerprint density at radius 3 is 1.56 bits per heavy atom. The smallest absolute Gasteiger partial charge is 0.436 e. The number of likely N-dealkylation sites (tertiary alicyclic amines) is 1. The van der Waals surface area contributed by atoms with Gasteiger partial charge < -0.3 is 35.1 Å². The van der Waals surface area contributed by atoms with E-state index < -0.39 is 51.8 Å². The summed E-state index contributed by atoms with van der Waals surface area (Å²) in [4.78, 5) is 32.1. The Hall–Kier alpha value is -4.89. The second-order valence-electron chi connectivity index (χ2n) is 17.1. The number of ether oxygens (including phenoxy) is 1. The lowest BCUT2D eigenvalue weighted by Crippen LogP contribution is -2.45. The van der Waals surface area contributed by atoms with E-state index in [1.807, 2.05) is 42.5 Å². The molecule has 79 heavy (non-hydrogen) atoms. The first-order chi connectivity index (χ1) is 36.8. The summed E-state index contributed by atoms with van der Waals surface area (Å²) in [5.74, 6) is 0.291. The maximum absolute atomic E-state index is 13.0. The van der Waals surface area contributed by atoms with Crippen LogP contribution in [0.15, 0.2) is 66.7 Å². The summed E-state index contributed by atoms with van der Waals surface area (Å²) >= 11 is 39.3. The van der Waals surface area contributed by atoms with E-state index >= 15 is 0 Å². The van der Waals surface area contributed by atoms with Crippen molar-refractivity contribution in [2.45, 2.75) is 82.5 Å². The van der Waals surface area contributed by atoms with Gasteiger partial charge in [0.15, 0.2) is 11.4 Å². The average molecular weight is 1270 g/mol. The summed E-state index contributed by atoms with van der Waals surface area (Å²) in [7, 11) is 1.55. The average Bonchev–Trinajstić information content (AvgIpc) is 3.87. The van der Waals surface area contributed by atoms with E-state index in [0.29, 0.717) is 64.6 Å². The van der Waals surface area contributed by atoms with Gasteiger partial charge in [0.2, 0.25) is 5.91 Å². The number of carbonyl (C=O) groups is 2. The van der Waals surface area contributed by atoms with E-state index in [4.69, 9.17) is 109 Å². The van der Waals surface area contributed by atoms with Gasteiger partial charge in [0.25, 0.3) is 11.1 Å². The number of hydrogen-bond acceptors (Lipinski definition) is 8. The summed E-state index contributed by atoms with van der Waals surface area (Å²) < 4.78 is 82.3. The molecule has 2 saturated heterocycles. The number of nitrogens with one attached hydrogen (secondary N) is 2. The highest BCUT2D eigenvalue weighted by molar-refractivity contribution is 6.33. The molecule has 4 heterocycles. The molecule has 0 bridgehead atoms. The van der Waals surface area contributed by atoms with Crippen LogP contribution in [0.5, 0.6) is 5.75 Å². The van der Waals surface area contributed by atoms with Crippen molar-refractivity contribution >= 4 is 105 Å². The van der Waals surface area contributed by atoms with E-state index in [9.17, 15) is 35.9 Å². The van der Waals surface area contributed by atoms with Gasteiger partial charge in [-0.3, -0.25) is 19.0 Å². The molecule has 2 aliphatic heterocycles. The van der Waals surface area contributed by atoms with Gasteiger partial charge >= 0.3 is 18.3 Å². The second kappa shape index (κ2) is 33.1. The third-order valence-corrected chi connectivity index (χ3v) is 14.1. The highest BCUT2D eigenvalue weighted by atomic mass is 35.5. The van der Waals surface area contributed by atoms with E-state index in [1.54, 1.807) is 36.3 Å². The molecule has 0 unspecified atom stereocenters. The highest BCUT2D eigenvalue weighted by Gasteiger charge is 2.44. The van der Waals surface area contributed by atoms with Crippen LogP contribution in [0.3, 0.4) is 0 Å². The van der Waals surface area contributed by atoms with Crippen molar-refractivity contribution in [1.29, 1.82) is 5.26 Å². The zero-order valence-electron chi connectivity index (χ0n) is 42.5. The minimum absolute atomic E-state index is 0. The molecular weight excluding hydrogens is 1210 g/mol. The Bertz CT molecular complexity index is 2870. The molecule has 14 nitrogen and oxygen atoms in total. The fourth-order valence-corrected chi connectivity index (χ4v) is 8.85. The molecule has 430 valence electrons. The molecule has 2 aliphatic rings. The number of alkyl halides is 8. The first-order valence-corrected chi connectivity index (χ1v) is 26.3. The Kier molecular flexibility index (Phi) is 29.5. The number of carboxylic acid groups (broad SMARTS) is 1. The first kappa shape index (κ1) is 70.2. The van der Waals surface area contributed by atoms with E-state index in [2.05, 4.69) is 36.6 Å². The van der Waals surface area contributed by atoms with Gasteiger partial charge in [0.05, 0.1) is 46.1 Å². The van der Waals surface area contributed by atoms with Gasteiger partial charge in [-0.25, -0.2) is 13.1 Å². The second-order valence-corrected chi connectivity index (χ2v) is 19.9. The quantitative estimate of drug-likeness (QED) is 0.0478. The number of nitrogens with zero attached hydrogens (tertiary/aromatic N) is 8. The molecular formula is C51H54Cl8F6N10O4. The molecule has 2 aromatic heterocycles. The van der Waals surface area contributed by atoms with Crippen LogP contribution in [-0.4, -0.2) is 99.6 Å². The molecule has 7 rings (SSSR count). The van der Waals surface area contributed by atoms with E-state index in [1.165, 1.54) is 13.8 Å². The number of carbonyl (C=O) groups excluding carboxylic acids is 1. The Morgan fingerprint density at radius 2 is 1.19 bits per heavy atom. The number of aromatic nitrogens is 4. The number of amides is 1. The lowest BCUT2D eigenvalue weighted by molar-refractivity contribution is -0.143. The molecule has 3 N–H and O–H groups in total. The van der Waals surface area contributed by atoms with Crippen molar-refractivity contribution in [3.8, 4) is 11.8 Å². The van der Waals surface area contributed by atoms with Crippen molar-refractivity contribution in [2.75, 3.05) is 58.1 Å². The standard InChI is InChI=1S/C19H17Cl2F3N4O.C12H13ClN2.C9H8ClNO.C7H6ClF3N2O2.C4H9Cl2N.ClH/c1-12-16(21)17(19(22,23)24)26-28(12)11-15(29)27-9-7-18(25-2,8-10-27)13-3-5-14(20)6-4-13;1-14-12(6-8-15-9-7-12)10-2-4-11(13)5-3-10;1-12-9-6-7(4-5-11)2-3-8(9)10;1-3-5(8)6(7(9,10)11)12-13(3)2-4(14)15;5-1-3-7-4-2-6;/h3-6H,7-11H2,1H3;2-5,15H,6-9H2;2-3,6H,4H2,1H3;2H2,1H3,(H,14,15);7H,1-4H2;1H. The zero-order chi connectivity index (χ0) is 58.4. The zero-order valence-corrected chi connectivity index (χ0v) is 48.6. The van der Waals surface area contributed by atoms with Gasteiger partial charge in [-0.05, 0) is 80.1 Å². The van der Waals surface area contributed by atoms with Gasteiger partial charge in [-0.1, -0.05) is 64.1 Å². The van der Waals surface area contributed by atoms with Gasteiger partial charge in [0, 0.05) is 97.9 Å². The number of carboxylic acids is 1. The molecule has 0 spiro atoms. The predicted molar refractivity (Wildman–Crippen MR) is 298 cm³/mol. The summed E-state index contributed by atoms with van der Waals surface area (Å²) in [5, 5.41) is 30.5. The molecule has 0 saturated carbocycles. The number of hydrogen-bond donors (Lipinski definition) is 3. The number of halogens is 14. The number of rotatable bonds is 12. The monoisotopic (exact) mass is 1260 g/mol. The minimum Gasteiger partial charge on any atom is -0.495 e. The molecule has 0 radical (unpaired) electrons. The Balaban J connectivity index is 0.000000364. The van der Waals surface area contributed by atoms with E-state index in [0.717, 1.165) is 65.4 Å². The molecule has 2 fully saturated rings. The largest absolute Gasteiger partial charge is 0.495 e. The molecule has 0 aliphatic carbocycles. The van der Waals surface area contributed by atoms with Crippen molar-refractivity contribution < 1.29 is 45.8 Å². The minimum atomic E-state index is -4.69. The number of aliphatic carboxylic acids is 1. The number of methoxy groups -OCH3 is 1. The summed E-state index contributed by atoms with van der Waals surface area (Å²) in [6, 6.07) is 22.1. The fraction of sp³-hybridized carbons (Fsp3) is 0.431. The normalized spacial score (nSPS) is 14.2. The van der Waals surface area contributed by atoms with Gasteiger partial charge in [-0.2, -0.15) is 41.8 Å². The molecule has 3 aromatic carbocycles. The van der Waals surface area contributed by atoms with Gasteiger partial charge in [-0.15, -0.1) is 35.6 Å². The number of piperidine rings is 2. The van der Waals surface area contributed by atoms with Crippen molar-refractivity contribution in [3.63, 3.8) is 0 Å². The predicted octanol–water partition coefficient (Wildman–Crippen LogP) is 13.6. The van der Waals surface area contributed by atoms with Crippen LogP contribution in [0.2, 0.25) is 25.1 Å². The third kappa shape index (κ3) is 20.9. The van der Waals surface area contributed by atoms with Crippen LogP contribution < -0.4 is 15.4 Å². The molecule has 28 heteroatoms. The van der Waals surface area contributed by atoms with Gasteiger partial charge in [0.1, 0.15) is 18.8 Å². The SMILES string of the molecule is COc1cc(CC#N)ccc1Cl.Cc1c(Cl)c(C(F)(F)F)nn1CC(=O)O.Cl.ClCCNCCCl.[C-]#[N+]C1(c2ccc(Cl)cc2)CCN(C(=O)Cn2nc(C(F)(F)F)c(Cl)c2C)CC1.[C-]#[N+]C1(c2ccc(Cl)cc2)CCNCC1. The first-order valence-electron chi connectivity index (χ1n) is 23.4. The summed E-state index contributed by atoms with van der Waals surface area (Å²) in [5.41, 5.74) is -0.602. The van der Waals surface area contributed by atoms with Crippen LogP contribution in [0.1, 0.15) is 65.1 Å². The Labute approximate surface area is 495 Å². The lowest BCUT2D eigenvalue weighted by Gasteiger charge is -2.34. The molecule has 5 aromatic rings. The molecule has 0 atom stereocenters. The maximum Gasteiger partial charge on any atom is 0.436 e. The van der Waals surface area contributed by atoms with Crippen molar-refractivity contribution in [2.24, 2.45) is 0 Å². The maximum atomic E-state index is 13.0. The summed E-state index contributed by atoms with van der Waals surface area (Å²) in [6.45, 7) is 20.9. The molecule has 1 amide bonds. The topological polar surface area (TPSA) is 159 Å².